The number of benzene rings is 1. The van der Waals surface area contributed by atoms with Crippen molar-refractivity contribution in [3.05, 3.63) is 77.1 Å². The number of hydrogen-bond donors (Lipinski definition) is 0. The van der Waals surface area contributed by atoms with Crippen LogP contribution >= 0.6 is 11.6 Å². The summed E-state index contributed by atoms with van der Waals surface area (Å²) >= 11 is 6.76. The van der Waals surface area contributed by atoms with Crippen LogP contribution in [0, 0.1) is 5.82 Å². The van der Waals surface area contributed by atoms with Crippen LogP contribution in [0.1, 0.15) is 63.4 Å². The van der Waals surface area contributed by atoms with Crippen LogP contribution in [0.2, 0.25) is 5.02 Å². The second-order valence-electron chi connectivity index (χ2n) is 11.2. The second kappa shape index (κ2) is 11.6. The molecule has 0 spiro atoms. The van der Waals surface area contributed by atoms with E-state index in [1.807, 2.05) is 39.5 Å². The highest BCUT2D eigenvalue weighted by atomic mass is 35.5. The Balaban J connectivity index is 1.79. The molecule has 1 fully saturated rings. The molecule has 2 aliphatic rings. The molecular weight excluding hydrogens is 593 g/mol. The number of anilines is 2. The van der Waals surface area contributed by atoms with Gasteiger partial charge >= 0.3 is 10.2 Å². The third-order valence-electron chi connectivity index (χ3n) is 7.51. The van der Waals surface area contributed by atoms with E-state index in [0.29, 0.717) is 36.6 Å². The van der Waals surface area contributed by atoms with Crippen molar-refractivity contribution in [1.82, 2.24) is 24.8 Å². The summed E-state index contributed by atoms with van der Waals surface area (Å²) in [4.78, 5) is 29.5. The molecule has 0 radical (unpaired) electrons. The minimum absolute atomic E-state index is 0.0167. The Kier molecular flexibility index (Phi) is 8.28. The smallest absolute Gasteiger partial charge is 0.349 e. The first-order chi connectivity index (χ1) is 20.4. The van der Waals surface area contributed by atoms with Crippen LogP contribution in [0.4, 0.5) is 15.9 Å². The second-order valence-corrected chi connectivity index (χ2v) is 13.0. The third-order valence-corrected chi connectivity index (χ3v) is 9.02. The normalized spacial score (nSPS) is 18.1. The first-order valence-electron chi connectivity index (χ1n) is 14.0. The van der Waals surface area contributed by atoms with E-state index in [2.05, 4.69) is 20.9 Å². The lowest BCUT2D eigenvalue weighted by atomic mass is 10.0. The molecule has 1 atom stereocenters. The van der Waals surface area contributed by atoms with Crippen LogP contribution in [-0.2, 0) is 15.0 Å². The van der Waals surface area contributed by atoms with E-state index >= 15 is 4.39 Å². The molecule has 43 heavy (non-hydrogen) atoms. The lowest BCUT2D eigenvalue weighted by molar-refractivity contribution is -0.128. The van der Waals surface area contributed by atoms with E-state index in [4.69, 9.17) is 16.6 Å². The fourth-order valence-corrected chi connectivity index (χ4v) is 6.97. The number of piperazine rings is 1. The van der Waals surface area contributed by atoms with Gasteiger partial charge < -0.3 is 9.80 Å². The molecule has 10 nitrogen and oxygen atoms in total. The average molecular weight is 626 g/mol. The molecule has 1 amide bonds. The lowest BCUT2D eigenvalue weighted by Gasteiger charge is -2.43. The van der Waals surface area contributed by atoms with E-state index in [0.717, 1.165) is 4.31 Å². The molecule has 1 saturated heterocycles. The van der Waals surface area contributed by atoms with Gasteiger partial charge in [0.2, 0.25) is 5.91 Å². The summed E-state index contributed by atoms with van der Waals surface area (Å²) < 4.78 is 49.0. The van der Waals surface area contributed by atoms with Crippen molar-refractivity contribution >= 4 is 45.1 Å². The first kappa shape index (κ1) is 30.6. The topological polar surface area (TPSA) is 112 Å². The molecule has 5 rings (SSSR count). The van der Waals surface area contributed by atoms with Gasteiger partial charge in [0.1, 0.15) is 17.8 Å². The highest BCUT2D eigenvalue weighted by molar-refractivity contribution is 7.92. The summed E-state index contributed by atoms with van der Waals surface area (Å²) in [5.74, 6) is -0.943. The predicted molar refractivity (Wildman–Crippen MR) is 165 cm³/mol. The maximum atomic E-state index is 15.0. The molecule has 1 aromatic carbocycles. The number of amidine groups is 1. The molecule has 0 N–H and O–H groups in total. The van der Waals surface area contributed by atoms with Crippen molar-refractivity contribution in [3.63, 3.8) is 0 Å². The zero-order valence-corrected chi connectivity index (χ0v) is 26.2. The first-order valence-corrected chi connectivity index (χ1v) is 15.8. The van der Waals surface area contributed by atoms with Gasteiger partial charge in [0.05, 0.1) is 27.7 Å². The summed E-state index contributed by atoms with van der Waals surface area (Å²) in [6.45, 7) is 14.1. The van der Waals surface area contributed by atoms with E-state index < -0.39 is 16.0 Å². The number of amides is 1. The maximum Gasteiger partial charge on any atom is 0.352 e. The van der Waals surface area contributed by atoms with Crippen LogP contribution in [0.15, 0.2) is 53.7 Å². The van der Waals surface area contributed by atoms with Crippen molar-refractivity contribution in [2.24, 2.45) is 4.40 Å². The summed E-state index contributed by atoms with van der Waals surface area (Å²) in [5, 5.41) is 0.126. The quantitative estimate of drug-likeness (QED) is 0.347. The zero-order chi connectivity index (χ0) is 31.2. The molecule has 0 saturated carbocycles. The van der Waals surface area contributed by atoms with Crippen molar-refractivity contribution in [1.29, 1.82) is 0 Å². The van der Waals surface area contributed by atoms with Crippen LogP contribution in [0.25, 0.3) is 11.3 Å². The summed E-state index contributed by atoms with van der Waals surface area (Å²) in [6.07, 6.45) is 2.68. The van der Waals surface area contributed by atoms with Crippen molar-refractivity contribution < 1.29 is 17.6 Å². The Hall–Kier alpha value is -3.90. The van der Waals surface area contributed by atoms with Crippen LogP contribution in [-0.4, -0.2) is 70.6 Å². The number of halogens is 2. The summed E-state index contributed by atoms with van der Waals surface area (Å²) in [6, 6.07) is 7.31. The van der Waals surface area contributed by atoms with Gasteiger partial charge in [0, 0.05) is 31.2 Å². The van der Waals surface area contributed by atoms with Crippen molar-refractivity contribution in [2.45, 2.75) is 52.5 Å². The van der Waals surface area contributed by atoms with E-state index in [-0.39, 0.29) is 57.4 Å². The third kappa shape index (κ3) is 5.49. The fourth-order valence-electron chi connectivity index (χ4n) is 5.44. The molecule has 3 aromatic rings. The number of nitrogens with zero attached hydrogens (tertiary/aromatic N) is 7. The lowest BCUT2D eigenvalue weighted by Crippen LogP contribution is -2.56. The minimum Gasteiger partial charge on any atom is -0.349 e. The minimum atomic E-state index is -4.48. The summed E-state index contributed by atoms with van der Waals surface area (Å²) in [5.41, 5.74) is 1.83. The average Bonchev–Trinajstić information content (AvgIpc) is 2.96. The van der Waals surface area contributed by atoms with Crippen LogP contribution in [0.5, 0.6) is 0 Å². The van der Waals surface area contributed by atoms with Gasteiger partial charge in [-0.1, -0.05) is 58.0 Å². The van der Waals surface area contributed by atoms with Gasteiger partial charge in [0.15, 0.2) is 11.7 Å². The fraction of sp³-hybridized carbons (Fsp3) is 0.367. The van der Waals surface area contributed by atoms with Gasteiger partial charge in [-0.3, -0.25) is 4.79 Å². The predicted octanol–water partition coefficient (Wildman–Crippen LogP) is 5.44. The number of carbonyl (C=O) groups excluding carboxylic acids is 1. The van der Waals surface area contributed by atoms with Crippen LogP contribution < -0.4 is 4.31 Å². The van der Waals surface area contributed by atoms with E-state index in [1.54, 1.807) is 23.1 Å². The van der Waals surface area contributed by atoms with Gasteiger partial charge in [-0.05, 0) is 43.0 Å². The van der Waals surface area contributed by atoms with Gasteiger partial charge in [-0.2, -0.15) is 12.7 Å². The molecule has 2 aliphatic heterocycles. The highest BCUT2D eigenvalue weighted by Gasteiger charge is 2.42. The Labute approximate surface area is 256 Å². The van der Waals surface area contributed by atoms with Crippen LogP contribution in [0.3, 0.4) is 0 Å². The van der Waals surface area contributed by atoms with E-state index in [1.165, 1.54) is 24.5 Å². The molecule has 13 heteroatoms. The number of pyridine rings is 1. The number of hydrogen-bond acceptors (Lipinski definition) is 7. The molecule has 0 aliphatic carbocycles. The number of carbonyl (C=O) groups is 1. The van der Waals surface area contributed by atoms with Crippen molar-refractivity contribution in [3.8, 4) is 11.3 Å². The SMILES string of the molecule is C=CC(=O)N1CCN(C2=NS(=O)(=O)N(c3c(C(C)C)ncnc3C(C)C)c3nc(-c4ccccc4F)c(Cl)cc32)C(C)C1. The maximum absolute atomic E-state index is 15.0. The molecular formula is C30H33ClFN7O3S. The van der Waals surface area contributed by atoms with Gasteiger partial charge in [-0.15, -0.1) is 4.40 Å². The Morgan fingerprint density at radius 2 is 1.74 bits per heavy atom. The molecule has 2 aromatic heterocycles. The largest absolute Gasteiger partial charge is 0.352 e. The number of rotatable bonds is 5. The highest BCUT2D eigenvalue weighted by Crippen LogP contribution is 2.44. The number of fused-ring (bicyclic) bond motifs is 1. The molecule has 226 valence electrons. The monoisotopic (exact) mass is 625 g/mol. The number of aromatic nitrogens is 3. The molecule has 4 heterocycles. The Morgan fingerprint density at radius 3 is 2.33 bits per heavy atom. The van der Waals surface area contributed by atoms with E-state index in [9.17, 15) is 13.2 Å². The van der Waals surface area contributed by atoms with Gasteiger partial charge in [-0.25, -0.2) is 19.3 Å². The Morgan fingerprint density at radius 1 is 1.09 bits per heavy atom. The Bertz CT molecular complexity index is 1720. The summed E-state index contributed by atoms with van der Waals surface area (Å²) in [7, 11) is -4.48. The molecule has 1 unspecified atom stereocenters. The molecule has 0 bridgehead atoms. The van der Waals surface area contributed by atoms with Crippen molar-refractivity contribution in [2.75, 3.05) is 23.9 Å². The zero-order valence-electron chi connectivity index (χ0n) is 24.6. The van der Waals surface area contributed by atoms with Gasteiger partial charge in [0.25, 0.3) is 0 Å². The standard InChI is InChI=1S/C30H33ClFN7O3S/c1-7-24(40)37-12-13-38(19(6)15-37)30-21-14-22(31)27(20-10-8-9-11-23(20)32)35-29(21)39(43(41,42)36-30)28-25(17(2)3)33-16-34-26(28)18(4)5/h7-11,14,16-19H,1,12-13,15H2,2-6H3.